The average molecular weight is 285 g/mol. The summed E-state index contributed by atoms with van der Waals surface area (Å²) in [6.45, 7) is 3.54. The minimum atomic E-state index is -0.215. The van der Waals surface area contributed by atoms with Crippen molar-refractivity contribution in [3.63, 3.8) is 0 Å². The minimum absolute atomic E-state index is 0.0745. The number of furan rings is 1. The smallest absolute Gasteiger partial charge is 0.287 e. The van der Waals surface area contributed by atoms with E-state index in [0.717, 1.165) is 11.5 Å². The number of nitrogens with one attached hydrogen (secondary N) is 1. The van der Waals surface area contributed by atoms with E-state index in [2.05, 4.69) is 5.32 Å². The molecule has 1 saturated heterocycles. The molecule has 1 aliphatic heterocycles. The first kappa shape index (κ1) is 14.4. The normalized spacial score (nSPS) is 22.6. The molecule has 0 aromatic carbocycles. The quantitative estimate of drug-likeness (QED) is 0.861. The van der Waals surface area contributed by atoms with Gasteiger partial charge in [-0.05, 0) is 25.3 Å². The third-order valence-corrected chi connectivity index (χ3v) is 3.47. The summed E-state index contributed by atoms with van der Waals surface area (Å²) in [7, 11) is 0. The lowest BCUT2D eigenvalue weighted by Crippen LogP contribution is -2.43. The van der Waals surface area contributed by atoms with Gasteiger partial charge in [-0.25, -0.2) is 0 Å². The maximum atomic E-state index is 12.0. The summed E-state index contributed by atoms with van der Waals surface area (Å²) in [6.07, 6.45) is 1.92. The van der Waals surface area contributed by atoms with Crippen LogP contribution in [0, 0.1) is 0 Å². The van der Waals surface area contributed by atoms with Crippen LogP contribution in [-0.2, 0) is 15.2 Å². The maximum Gasteiger partial charge on any atom is 0.287 e. The van der Waals surface area contributed by atoms with Crippen LogP contribution in [0.25, 0.3) is 0 Å². The van der Waals surface area contributed by atoms with Crippen molar-refractivity contribution in [2.75, 3.05) is 26.1 Å². The van der Waals surface area contributed by atoms with Crippen molar-refractivity contribution in [3.05, 3.63) is 23.7 Å². The molecular formula is C13H19NO4S. The molecule has 2 heterocycles. The fourth-order valence-corrected chi connectivity index (χ4v) is 2.45. The van der Waals surface area contributed by atoms with E-state index in [0.29, 0.717) is 25.6 Å². The Hall–Kier alpha value is -0.980. The monoisotopic (exact) mass is 285 g/mol. The van der Waals surface area contributed by atoms with Gasteiger partial charge in [0.1, 0.15) is 11.9 Å². The third kappa shape index (κ3) is 3.75. The summed E-state index contributed by atoms with van der Waals surface area (Å²) in [4.78, 5) is 12.0. The van der Waals surface area contributed by atoms with Crippen LogP contribution >= 0.6 is 11.8 Å². The minimum Gasteiger partial charge on any atom is -0.455 e. The Labute approximate surface area is 117 Å². The summed E-state index contributed by atoms with van der Waals surface area (Å²) in [5, 5.41) is 2.90. The number of amides is 1. The number of rotatable bonds is 6. The molecule has 1 aromatic rings. The van der Waals surface area contributed by atoms with E-state index >= 15 is 0 Å². The molecule has 0 spiro atoms. The molecule has 2 rings (SSSR count). The van der Waals surface area contributed by atoms with E-state index in [1.54, 1.807) is 17.8 Å². The highest BCUT2D eigenvalue weighted by molar-refractivity contribution is 7.97. The van der Waals surface area contributed by atoms with Crippen molar-refractivity contribution in [2.24, 2.45) is 0 Å². The van der Waals surface area contributed by atoms with Gasteiger partial charge in [-0.1, -0.05) is 0 Å². The predicted octanol–water partition coefficient (Wildman–Crippen LogP) is 1.68. The van der Waals surface area contributed by atoms with E-state index < -0.39 is 0 Å². The van der Waals surface area contributed by atoms with Crippen LogP contribution < -0.4 is 5.32 Å². The Balaban J connectivity index is 1.92. The molecular weight excluding hydrogens is 266 g/mol. The number of ether oxygens (including phenoxy) is 2. The van der Waals surface area contributed by atoms with Crippen molar-refractivity contribution < 1.29 is 18.7 Å². The van der Waals surface area contributed by atoms with Crippen LogP contribution in [0.1, 0.15) is 23.2 Å². The van der Waals surface area contributed by atoms with Gasteiger partial charge in [-0.15, -0.1) is 0 Å². The standard InChI is InChI=1S/C13H19NO4S/c1-3-17-12-7-16-6-10(12)14-13(15)11-5-4-9(18-11)8-19-2/h4-5,10,12H,3,6-8H2,1-2H3,(H,14,15)/t10-,12-/m1/s1. The second-order valence-electron chi connectivity index (χ2n) is 4.31. The van der Waals surface area contributed by atoms with Gasteiger partial charge in [0.2, 0.25) is 0 Å². The van der Waals surface area contributed by atoms with Crippen molar-refractivity contribution in [1.29, 1.82) is 0 Å². The van der Waals surface area contributed by atoms with Crippen molar-refractivity contribution in [3.8, 4) is 0 Å². The zero-order valence-electron chi connectivity index (χ0n) is 11.2. The Kier molecular flexibility index (Phi) is 5.30. The molecule has 0 unspecified atom stereocenters. The Morgan fingerprint density at radius 1 is 1.53 bits per heavy atom. The first-order valence-electron chi connectivity index (χ1n) is 6.32. The van der Waals surface area contributed by atoms with Gasteiger partial charge in [0.25, 0.3) is 5.91 Å². The molecule has 2 atom stereocenters. The molecule has 0 bridgehead atoms. The van der Waals surface area contributed by atoms with Crippen molar-refractivity contribution in [1.82, 2.24) is 5.32 Å². The molecule has 1 amide bonds. The van der Waals surface area contributed by atoms with Crippen molar-refractivity contribution in [2.45, 2.75) is 24.8 Å². The lowest BCUT2D eigenvalue weighted by Gasteiger charge is -2.18. The van der Waals surface area contributed by atoms with Gasteiger partial charge in [0, 0.05) is 6.61 Å². The second-order valence-corrected chi connectivity index (χ2v) is 5.18. The van der Waals surface area contributed by atoms with E-state index in [-0.39, 0.29) is 18.1 Å². The lowest BCUT2D eigenvalue weighted by molar-refractivity contribution is 0.0399. The topological polar surface area (TPSA) is 60.7 Å². The van der Waals surface area contributed by atoms with Crippen LogP contribution in [0.2, 0.25) is 0 Å². The Bertz CT molecular complexity index is 421. The van der Waals surface area contributed by atoms with Gasteiger partial charge in [-0.2, -0.15) is 11.8 Å². The highest BCUT2D eigenvalue weighted by Gasteiger charge is 2.30. The van der Waals surface area contributed by atoms with Crippen LogP contribution in [0.15, 0.2) is 16.5 Å². The highest BCUT2D eigenvalue weighted by Crippen LogP contribution is 2.15. The van der Waals surface area contributed by atoms with Gasteiger partial charge in [0.05, 0.1) is 25.0 Å². The summed E-state index contributed by atoms with van der Waals surface area (Å²) in [5.74, 6) is 1.70. The largest absolute Gasteiger partial charge is 0.455 e. The summed E-state index contributed by atoms with van der Waals surface area (Å²) in [5.41, 5.74) is 0. The number of hydrogen-bond acceptors (Lipinski definition) is 5. The number of hydrogen-bond donors (Lipinski definition) is 1. The van der Waals surface area contributed by atoms with Crippen molar-refractivity contribution >= 4 is 17.7 Å². The van der Waals surface area contributed by atoms with E-state index in [9.17, 15) is 4.79 Å². The molecule has 6 heteroatoms. The third-order valence-electron chi connectivity index (χ3n) is 2.90. The number of carbonyl (C=O) groups is 1. The molecule has 1 fully saturated rings. The summed E-state index contributed by atoms with van der Waals surface area (Å²) < 4.78 is 16.3. The van der Waals surface area contributed by atoms with E-state index in [1.165, 1.54) is 0 Å². The Morgan fingerprint density at radius 3 is 3.11 bits per heavy atom. The summed E-state index contributed by atoms with van der Waals surface area (Å²) in [6, 6.07) is 3.42. The van der Waals surface area contributed by atoms with Crippen LogP contribution in [0.3, 0.4) is 0 Å². The molecule has 19 heavy (non-hydrogen) atoms. The zero-order chi connectivity index (χ0) is 13.7. The predicted molar refractivity (Wildman–Crippen MR) is 73.4 cm³/mol. The molecule has 1 N–H and O–H groups in total. The molecule has 106 valence electrons. The first-order chi connectivity index (χ1) is 9.24. The average Bonchev–Trinajstić information content (AvgIpc) is 3.01. The molecule has 0 saturated carbocycles. The van der Waals surface area contributed by atoms with Gasteiger partial charge in [-0.3, -0.25) is 4.79 Å². The fourth-order valence-electron chi connectivity index (χ4n) is 2.01. The molecule has 1 aromatic heterocycles. The maximum absolute atomic E-state index is 12.0. The molecule has 0 radical (unpaired) electrons. The van der Waals surface area contributed by atoms with E-state index in [1.807, 2.05) is 19.2 Å². The number of carbonyl (C=O) groups excluding carboxylic acids is 1. The Morgan fingerprint density at radius 2 is 2.37 bits per heavy atom. The second kappa shape index (κ2) is 6.98. The summed E-state index contributed by atoms with van der Waals surface area (Å²) >= 11 is 1.65. The molecule has 5 nitrogen and oxygen atoms in total. The molecule has 0 aliphatic carbocycles. The number of thioether (sulfide) groups is 1. The van der Waals surface area contributed by atoms with Gasteiger partial charge < -0.3 is 19.2 Å². The molecule has 1 aliphatic rings. The lowest BCUT2D eigenvalue weighted by atomic mass is 10.2. The van der Waals surface area contributed by atoms with Gasteiger partial charge >= 0.3 is 0 Å². The van der Waals surface area contributed by atoms with Crippen LogP contribution in [0.5, 0.6) is 0 Å². The SMILES string of the molecule is CCO[C@@H]1COC[C@H]1NC(=O)c1ccc(CSC)o1. The first-order valence-corrected chi connectivity index (χ1v) is 7.71. The fraction of sp³-hybridized carbons (Fsp3) is 0.615. The van der Waals surface area contributed by atoms with Crippen LogP contribution in [0.4, 0.5) is 0 Å². The zero-order valence-corrected chi connectivity index (χ0v) is 12.0. The van der Waals surface area contributed by atoms with Gasteiger partial charge in [0.15, 0.2) is 5.76 Å². The highest BCUT2D eigenvalue weighted by atomic mass is 32.2. The van der Waals surface area contributed by atoms with Crippen LogP contribution in [-0.4, -0.2) is 44.1 Å². The van der Waals surface area contributed by atoms with E-state index in [4.69, 9.17) is 13.9 Å².